The number of rotatable bonds is 6. The zero-order chi connectivity index (χ0) is 10.2. The molecule has 1 rings (SSSR count). The van der Waals surface area contributed by atoms with Crippen LogP contribution in [0.25, 0.3) is 0 Å². The highest BCUT2D eigenvalue weighted by Gasteiger charge is 2.17. The summed E-state index contributed by atoms with van der Waals surface area (Å²) < 4.78 is 0. The second-order valence-corrected chi connectivity index (χ2v) is 4.95. The Kier molecular flexibility index (Phi) is 6.25. The summed E-state index contributed by atoms with van der Waals surface area (Å²) in [5.74, 6) is 1.02. The number of hydrogen-bond acceptors (Lipinski definition) is 1. The van der Waals surface area contributed by atoms with Gasteiger partial charge in [0, 0.05) is 6.04 Å². The molecule has 0 saturated carbocycles. The second-order valence-electron chi connectivity index (χ2n) is 4.95. The topological polar surface area (TPSA) is 12.0 Å². The van der Waals surface area contributed by atoms with Gasteiger partial charge in [0.1, 0.15) is 0 Å². The lowest BCUT2D eigenvalue weighted by Crippen LogP contribution is -2.35. The van der Waals surface area contributed by atoms with Gasteiger partial charge in [-0.05, 0) is 32.2 Å². The molecule has 0 aliphatic carbocycles. The van der Waals surface area contributed by atoms with Crippen molar-refractivity contribution in [3.8, 4) is 0 Å². The zero-order valence-electron chi connectivity index (χ0n) is 10.0. The SMILES string of the molecule is CCCCCCCC1CCNC(C)C1. The van der Waals surface area contributed by atoms with Crippen molar-refractivity contribution in [3.05, 3.63) is 0 Å². The van der Waals surface area contributed by atoms with Gasteiger partial charge in [-0.1, -0.05) is 45.4 Å². The van der Waals surface area contributed by atoms with E-state index in [1.165, 1.54) is 57.9 Å². The van der Waals surface area contributed by atoms with Gasteiger partial charge in [-0.2, -0.15) is 0 Å². The van der Waals surface area contributed by atoms with Gasteiger partial charge in [-0.25, -0.2) is 0 Å². The van der Waals surface area contributed by atoms with Crippen molar-refractivity contribution in [2.24, 2.45) is 5.92 Å². The van der Waals surface area contributed by atoms with E-state index in [-0.39, 0.29) is 0 Å². The summed E-state index contributed by atoms with van der Waals surface area (Å²) in [5, 5.41) is 3.52. The molecule has 0 spiro atoms. The van der Waals surface area contributed by atoms with Gasteiger partial charge in [-0.15, -0.1) is 0 Å². The van der Waals surface area contributed by atoms with Crippen LogP contribution in [0.2, 0.25) is 0 Å². The van der Waals surface area contributed by atoms with Crippen LogP contribution in [-0.2, 0) is 0 Å². The molecule has 2 atom stereocenters. The fourth-order valence-electron chi connectivity index (χ4n) is 2.53. The Morgan fingerprint density at radius 2 is 1.93 bits per heavy atom. The van der Waals surface area contributed by atoms with Crippen LogP contribution in [0.15, 0.2) is 0 Å². The van der Waals surface area contributed by atoms with Crippen LogP contribution in [0, 0.1) is 5.92 Å². The molecule has 1 nitrogen and oxygen atoms in total. The van der Waals surface area contributed by atoms with Crippen molar-refractivity contribution in [3.63, 3.8) is 0 Å². The number of nitrogens with one attached hydrogen (secondary N) is 1. The Balaban J connectivity index is 1.95. The standard InChI is InChI=1S/C13H27N/c1-3-4-5-6-7-8-13-9-10-14-12(2)11-13/h12-14H,3-11H2,1-2H3. The smallest absolute Gasteiger partial charge is 0.00413 e. The van der Waals surface area contributed by atoms with Crippen molar-refractivity contribution < 1.29 is 0 Å². The maximum Gasteiger partial charge on any atom is 0.00413 e. The molecule has 0 aromatic carbocycles. The Morgan fingerprint density at radius 1 is 1.14 bits per heavy atom. The highest BCUT2D eigenvalue weighted by molar-refractivity contribution is 4.74. The van der Waals surface area contributed by atoms with Crippen LogP contribution in [0.3, 0.4) is 0 Å². The monoisotopic (exact) mass is 197 g/mol. The number of unbranched alkanes of at least 4 members (excludes halogenated alkanes) is 4. The molecule has 1 aliphatic rings. The molecule has 1 saturated heterocycles. The summed E-state index contributed by atoms with van der Waals surface area (Å²) >= 11 is 0. The zero-order valence-corrected chi connectivity index (χ0v) is 10.0. The molecule has 0 bridgehead atoms. The molecule has 2 unspecified atom stereocenters. The van der Waals surface area contributed by atoms with E-state index in [4.69, 9.17) is 0 Å². The maximum absolute atomic E-state index is 3.52. The second kappa shape index (κ2) is 7.28. The van der Waals surface area contributed by atoms with Crippen LogP contribution >= 0.6 is 0 Å². The van der Waals surface area contributed by atoms with Gasteiger partial charge < -0.3 is 5.32 Å². The van der Waals surface area contributed by atoms with Crippen molar-refractivity contribution in [2.75, 3.05) is 6.54 Å². The van der Waals surface area contributed by atoms with Gasteiger partial charge in [0.2, 0.25) is 0 Å². The lowest BCUT2D eigenvalue weighted by molar-refractivity contribution is 0.293. The Morgan fingerprint density at radius 3 is 2.64 bits per heavy atom. The third-order valence-electron chi connectivity index (χ3n) is 3.45. The van der Waals surface area contributed by atoms with Gasteiger partial charge in [0.15, 0.2) is 0 Å². The highest BCUT2D eigenvalue weighted by Crippen LogP contribution is 2.22. The summed E-state index contributed by atoms with van der Waals surface area (Å²) in [5.41, 5.74) is 0. The molecule has 0 radical (unpaired) electrons. The predicted octanol–water partition coefficient (Wildman–Crippen LogP) is 3.74. The molecule has 0 aromatic heterocycles. The van der Waals surface area contributed by atoms with E-state index in [1.54, 1.807) is 0 Å². The van der Waals surface area contributed by atoms with Crippen molar-refractivity contribution in [1.82, 2.24) is 5.32 Å². The fourth-order valence-corrected chi connectivity index (χ4v) is 2.53. The van der Waals surface area contributed by atoms with E-state index < -0.39 is 0 Å². The highest BCUT2D eigenvalue weighted by atomic mass is 14.9. The molecule has 14 heavy (non-hydrogen) atoms. The van der Waals surface area contributed by atoms with E-state index in [1.807, 2.05) is 0 Å². The van der Waals surface area contributed by atoms with E-state index in [0.717, 1.165) is 12.0 Å². The minimum Gasteiger partial charge on any atom is -0.314 e. The number of hydrogen-bond donors (Lipinski definition) is 1. The van der Waals surface area contributed by atoms with Crippen LogP contribution < -0.4 is 5.32 Å². The van der Waals surface area contributed by atoms with Crippen LogP contribution in [0.4, 0.5) is 0 Å². The maximum atomic E-state index is 3.52. The molecule has 84 valence electrons. The van der Waals surface area contributed by atoms with Gasteiger partial charge in [0.05, 0.1) is 0 Å². The van der Waals surface area contributed by atoms with E-state index >= 15 is 0 Å². The average Bonchev–Trinajstić information content (AvgIpc) is 2.18. The minimum absolute atomic E-state index is 0.768. The average molecular weight is 197 g/mol. The van der Waals surface area contributed by atoms with Gasteiger partial charge >= 0.3 is 0 Å². The fraction of sp³-hybridized carbons (Fsp3) is 1.00. The molecule has 1 aliphatic heterocycles. The summed E-state index contributed by atoms with van der Waals surface area (Å²) in [6.45, 7) is 5.86. The quantitative estimate of drug-likeness (QED) is 0.640. The molecule has 1 fully saturated rings. The molecule has 0 aromatic rings. The lowest BCUT2D eigenvalue weighted by atomic mass is 9.88. The molecule has 1 heteroatoms. The first-order chi connectivity index (χ1) is 6.83. The van der Waals surface area contributed by atoms with Crippen LogP contribution in [0.5, 0.6) is 0 Å². The lowest BCUT2D eigenvalue weighted by Gasteiger charge is -2.27. The Bertz CT molecular complexity index is 133. The number of piperidine rings is 1. The molecule has 1 heterocycles. The Labute approximate surface area is 89.7 Å². The van der Waals surface area contributed by atoms with Crippen molar-refractivity contribution in [1.29, 1.82) is 0 Å². The summed E-state index contributed by atoms with van der Waals surface area (Å²) in [4.78, 5) is 0. The predicted molar refractivity (Wildman–Crippen MR) is 63.6 cm³/mol. The summed E-state index contributed by atoms with van der Waals surface area (Å²) in [6, 6.07) is 0.768. The molecular weight excluding hydrogens is 170 g/mol. The molecular formula is C13H27N. The minimum atomic E-state index is 0.768. The first-order valence-electron chi connectivity index (χ1n) is 6.56. The van der Waals surface area contributed by atoms with Crippen LogP contribution in [0.1, 0.15) is 65.2 Å². The van der Waals surface area contributed by atoms with E-state index in [2.05, 4.69) is 19.2 Å². The van der Waals surface area contributed by atoms with Gasteiger partial charge in [0.25, 0.3) is 0 Å². The first-order valence-corrected chi connectivity index (χ1v) is 6.56. The summed E-state index contributed by atoms with van der Waals surface area (Å²) in [6.07, 6.45) is 11.5. The van der Waals surface area contributed by atoms with E-state index in [9.17, 15) is 0 Å². The molecule has 1 N–H and O–H groups in total. The third kappa shape index (κ3) is 4.99. The van der Waals surface area contributed by atoms with Crippen molar-refractivity contribution >= 4 is 0 Å². The summed E-state index contributed by atoms with van der Waals surface area (Å²) in [7, 11) is 0. The van der Waals surface area contributed by atoms with Crippen LogP contribution in [-0.4, -0.2) is 12.6 Å². The third-order valence-corrected chi connectivity index (χ3v) is 3.45. The molecule has 0 amide bonds. The normalized spacial score (nSPS) is 27.9. The Hall–Kier alpha value is -0.0400. The first kappa shape index (κ1) is 12.0. The van der Waals surface area contributed by atoms with Crippen molar-refractivity contribution in [2.45, 2.75) is 71.3 Å². The largest absolute Gasteiger partial charge is 0.314 e. The van der Waals surface area contributed by atoms with E-state index in [0.29, 0.717) is 0 Å². The van der Waals surface area contributed by atoms with Gasteiger partial charge in [-0.3, -0.25) is 0 Å².